The van der Waals surface area contributed by atoms with Gasteiger partial charge in [-0.3, -0.25) is 9.78 Å². The number of benzene rings is 2. The molecule has 0 saturated carbocycles. The lowest BCUT2D eigenvalue weighted by atomic mass is 10.1. The monoisotopic (exact) mass is 473 g/mol. The normalized spacial score (nSPS) is 17.0. The molecule has 2 aliphatic heterocycles. The molecule has 0 N–H and O–H groups in total. The molecule has 9 heteroatoms. The summed E-state index contributed by atoms with van der Waals surface area (Å²) in [5.41, 5.74) is 2.10. The minimum Gasteiger partial charge on any atom is -0.354 e. The number of aromatic nitrogens is 2. The summed E-state index contributed by atoms with van der Waals surface area (Å²) in [5.74, 6) is 0.223. The Bertz CT molecular complexity index is 1560. The Balaban J connectivity index is 1.58. The molecule has 1 saturated heterocycles. The molecule has 0 spiro atoms. The maximum absolute atomic E-state index is 14.0. The Morgan fingerprint density at radius 2 is 1.68 bits per heavy atom. The minimum atomic E-state index is -4.21. The first-order valence-corrected chi connectivity index (χ1v) is 12.7. The van der Waals surface area contributed by atoms with Crippen molar-refractivity contribution in [2.45, 2.75) is 11.3 Å². The van der Waals surface area contributed by atoms with Gasteiger partial charge in [-0.15, -0.1) is 0 Å². The van der Waals surface area contributed by atoms with E-state index in [1.807, 2.05) is 36.4 Å². The lowest BCUT2D eigenvalue weighted by molar-refractivity contribution is -0.116. The number of hydrogen-bond donors (Lipinski definition) is 0. The number of pyridine rings is 2. The topological polar surface area (TPSA) is 86.7 Å². The Morgan fingerprint density at radius 3 is 2.50 bits per heavy atom. The van der Waals surface area contributed by atoms with Crippen LogP contribution < -0.4 is 9.21 Å². The number of amides is 1. The number of hydrogen-bond acceptors (Lipinski definition) is 7. The zero-order chi connectivity index (χ0) is 23.4. The summed E-state index contributed by atoms with van der Waals surface area (Å²) >= 11 is 0. The Hall–Kier alpha value is -3.56. The molecule has 0 unspecified atom stereocenters. The van der Waals surface area contributed by atoms with Crippen LogP contribution in [0.4, 0.5) is 11.5 Å². The number of sulfonamides is 1. The van der Waals surface area contributed by atoms with Gasteiger partial charge in [0.15, 0.2) is 0 Å². The molecule has 4 heterocycles. The number of fused-ring (bicyclic) bond motifs is 4. The molecule has 1 fully saturated rings. The van der Waals surface area contributed by atoms with E-state index in [1.165, 1.54) is 6.07 Å². The third kappa shape index (κ3) is 3.15. The maximum Gasteiger partial charge on any atom is 0.273 e. The van der Waals surface area contributed by atoms with E-state index in [1.54, 1.807) is 18.3 Å². The Kier molecular flexibility index (Phi) is 4.79. The summed E-state index contributed by atoms with van der Waals surface area (Å²) in [6.45, 7) is 3.28. The van der Waals surface area contributed by atoms with E-state index < -0.39 is 15.9 Å². The van der Waals surface area contributed by atoms with Gasteiger partial charge >= 0.3 is 0 Å². The third-order valence-electron chi connectivity index (χ3n) is 6.62. The van der Waals surface area contributed by atoms with Crippen LogP contribution in [0.2, 0.25) is 0 Å². The van der Waals surface area contributed by atoms with Crippen molar-refractivity contribution < 1.29 is 13.2 Å². The lowest BCUT2D eigenvalue weighted by Crippen LogP contribution is -2.45. The average Bonchev–Trinajstić information content (AvgIpc) is 3.21. The number of piperazine rings is 1. The van der Waals surface area contributed by atoms with Gasteiger partial charge in [0.1, 0.15) is 10.7 Å². The zero-order valence-electron chi connectivity index (χ0n) is 18.7. The lowest BCUT2D eigenvalue weighted by Gasteiger charge is -2.34. The highest BCUT2D eigenvalue weighted by Gasteiger charge is 2.42. The fraction of sp³-hybridized carbons (Fsp3) is 0.240. The van der Waals surface area contributed by atoms with Crippen molar-refractivity contribution in [1.82, 2.24) is 14.9 Å². The average molecular weight is 474 g/mol. The summed E-state index contributed by atoms with van der Waals surface area (Å²) in [5, 5.41) is 1.35. The Labute approximate surface area is 197 Å². The number of para-hydroxylation sites is 2. The van der Waals surface area contributed by atoms with Gasteiger partial charge in [0.25, 0.3) is 10.0 Å². The molecular formula is C25H23N5O3S. The molecular weight excluding hydrogens is 450 g/mol. The van der Waals surface area contributed by atoms with Crippen molar-refractivity contribution in [3.63, 3.8) is 0 Å². The first-order chi connectivity index (χ1) is 16.4. The van der Waals surface area contributed by atoms with Gasteiger partial charge in [0, 0.05) is 48.7 Å². The fourth-order valence-electron chi connectivity index (χ4n) is 4.88. The molecule has 0 bridgehead atoms. The fourth-order valence-corrected chi connectivity index (χ4v) is 6.52. The van der Waals surface area contributed by atoms with Gasteiger partial charge in [-0.2, -0.15) is 0 Å². The van der Waals surface area contributed by atoms with Crippen LogP contribution in [-0.4, -0.2) is 62.4 Å². The number of rotatable bonds is 3. The first kappa shape index (κ1) is 21.0. The van der Waals surface area contributed by atoms with E-state index in [9.17, 15) is 13.2 Å². The predicted molar refractivity (Wildman–Crippen MR) is 132 cm³/mol. The number of likely N-dealkylation sites (N-methyl/N-ethyl adjacent to an activating group) is 1. The molecule has 8 nitrogen and oxygen atoms in total. The summed E-state index contributed by atoms with van der Waals surface area (Å²) < 4.78 is 29.0. The molecule has 4 aromatic rings. The van der Waals surface area contributed by atoms with Crippen molar-refractivity contribution in [3.8, 4) is 0 Å². The summed E-state index contributed by atoms with van der Waals surface area (Å²) in [4.78, 5) is 27.0. The molecule has 2 aromatic carbocycles. The van der Waals surface area contributed by atoms with Crippen LogP contribution in [-0.2, 0) is 21.2 Å². The quantitative estimate of drug-likeness (QED) is 0.452. The van der Waals surface area contributed by atoms with E-state index in [0.29, 0.717) is 38.9 Å². The van der Waals surface area contributed by atoms with Gasteiger partial charge < -0.3 is 9.80 Å². The molecule has 2 aromatic heterocycles. The van der Waals surface area contributed by atoms with Crippen molar-refractivity contribution >= 4 is 49.2 Å². The molecule has 34 heavy (non-hydrogen) atoms. The van der Waals surface area contributed by atoms with Crippen molar-refractivity contribution in [2.75, 3.05) is 42.4 Å². The van der Waals surface area contributed by atoms with Crippen LogP contribution in [0.15, 0.2) is 65.7 Å². The van der Waals surface area contributed by atoms with Crippen LogP contribution in [0.1, 0.15) is 5.56 Å². The summed E-state index contributed by atoms with van der Waals surface area (Å²) in [6, 6.07) is 16.0. The molecule has 1 amide bonds. The van der Waals surface area contributed by atoms with Gasteiger partial charge in [-0.05, 0) is 25.2 Å². The van der Waals surface area contributed by atoms with Crippen LogP contribution in [0.5, 0.6) is 0 Å². The second-order valence-electron chi connectivity index (χ2n) is 8.74. The highest BCUT2D eigenvalue weighted by molar-refractivity contribution is 7.93. The second kappa shape index (κ2) is 7.75. The van der Waals surface area contributed by atoms with Crippen molar-refractivity contribution in [3.05, 3.63) is 66.4 Å². The van der Waals surface area contributed by atoms with E-state index in [2.05, 4.69) is 21.8 Å². The molecule has 0 aliphatic carbocycles. The van der Waals surface area contributed by atoms with Crippen molar-refractivity contribution in [1.29, 1.82) is 0 Å². The van der Waals surface area contributed by atoms with Gasteiger partial charge in [0.2, 0.25) is 5.91 Å². The van der Waals surface area contributed by atoms with E-state index >= 15 is 0 Å². The van der Waals surface area contributed by atoms with Gasteiger partial charge in [-0.1, -0.05) is 36.4 Å². The van der Waals surface area contributed by atoms with E-state index in [4.69, 9.17) is 4.98 Å². The number of carbonyl (C=O) groups excluding carboxylic acids is 1. The van der Waals surface area contributed by atoms with Crippen LogP contribution in [0, 0.1) is 0 Å². The van der Waals surface area contributed by atoms with Gasteiger partial charge in [0.05, 0.1) is 23.1 Å². The SMILES string of the molecule is CN1CCN(c2nc3ccccc3c3c2CC(=O)N3S(=O)(=O)c2cccc3cccnc23)CC1. The van der Waals surface area contributed by atoms with Crippen LogP contribution in [0.25, 0.3) is 21.8 Å². The highest BCUT2D eigenvalue weighted by atomic mass is 32.2. The molecule has 2 aliphatic rings. The van der Waals surface area contributed by atoms with Gasteiger partial charge in [-0.25, -0.2) is 17.7 Å². The largest absolute Gasteiger partial charge is 0.354 e. The first-order valence-electron chi connectivity index (χ1n) is 11.2. The van der Waals surface area contributed by atoms with Crippen molar-refractivity contribution in [2.24, 2.45) is 0 Å². The van der Waals surface area contributed by atoms with E-state index in [0.717, 1.165) is 30.5 Å². The van der Waals surface area contributed by atoms with Crippen LogP contribution in [0.3, 0.4) is 0 Å². The standard InChI is InChI=1S/C25H23N5O3S/c1-28-12-14-29(15-13-28)25-19-16-22(31)30(24(19)18-8-2-3-9-20(18)27-25)34(32,33)21-10-4-6-17-7-5-11-26-23(17)21/h2-11H,12-16H2,1H3. The summed E-state index contributed by atoms with van der Waals surface area (Å²) in [7, 11) is -2.13. The number of nitrogens with zero attached hydrogens (tertiary/aromatic N) is 5. The molecule has 0 atom stereocenters. The smallest absolute Gasteiger partial charge is 0.273 e. The minimum absolute atomic E-state index is 0.00767. The predicted octanol–water partition coefficient (Wildman–Crippen LogP) is 2.81. The number of anilines is 2. The second-order valence-corrected chi connectivity index (χ2v) is 10.5. The number of carbonyl (C=O) groups is 1. The zero-order valence-corrected chi connectivity index (χ0v) is 19.5. The van der Waals surface area contributed by atoms with E-state index in [-0.39, 0.29) is 11.3 Å². The molecule has 6 rings (SSSR count). The Morgan fingerprint density at radius 1 is 0.912 bits per heavy atom. The van der Waals surface area contributed by atoms with Crippen LogP contribution >= 0.6 is 0 Å². The summed E-state index contributed by atoms with van der Waals surface area (Å²) in [6.07, 6.45) is 1.55. The third-order valence-corrected chi connectivity index (χ3v) is 8.37. The molecule has 172 valence electrons. The molecule has 0 radical (unpaired) electrons. The highest BCUT2D eigenvalue weighted by Crippen LogP contribution is 2.44. The maximum atomic E-state index is 14.0.